The third-order valence-corrected chi connectivity index (χ3v) is 4.84. The van der Waals surface area contributed by atoms with Crippen LogP contribution in [-0.4, -0.2) is 41.8 Å². The molecule has 0 saturated carbocycles. The van der Waals surface area contributed by atoms with Crippen LogP contribution in [-0.2, 0) is 0 Å². The molecule has 1 aromatic carbocycles. The molecule has 2 N–H and O–H groups in total. The predicted octanol–water partition coefficient (Wildman–Crippen LogP) is 4.41. The number of nitrogens with one attached hydrogen (secondary N) is 2. The van der Waals surface area contributed by atoms with Crippen LogP contribution in [0.3, 0.4) is 0 Å². The summed E-state index contributed by atoms with van der Waals surface area (Å²) in [6.45, 7) is 9.67. The number of benzene rings is 1. The fraction of sp³-hybridized carbons (Fsp3) is 0.650. The van der Waals surface area contributed by atoms with Crippen molar-refractivity contribution < 1.29 is 4.74 Å². The first-order chi connectivity index (χ1) is 12.1. The average molecular weight is 364 g/mol. The van der Waals surface area contributed by atoms with Crippen molar-refractivity contribution in [2.24, 2.45) is 0 Å². The van der Waals surface area contributed by atoms with E-state index in [9.17, 15) is 0 Å². The van der Waals surface area contributed by atoms with Crippen LogP contribution in [0.2, 0.25) is 0 Å². The Bertz CT molecular complexity index is 535. The van der Waals surface area contributed by atoms with Crippen molar-refractivity contribution in [2.75, 3.05) is 25.0 Å². The molecule has 1 atom stereocenters. The molecule has 0 aromatic heterocycles. The summed E-state index contributed by atoms with van der Waals surface area (Å²) in [5, 5.41) is 7.23. The second-order valence-corrected chi connectivity index (χ2v) is 7.43. The molecule has 1 heterocycles. The number of likely N-dealkylation sites (tertiary alicyclic amines) is 1. The highest BCUT2D eigenvalue weighted by Crippen LogP contribution is 2.20. The zero-order chi connectivity index (χ0) is 18.1. The van der Waals surface area contributed by atoms with Crippen molar-refractivity contribution in [3.8, 4) is 5.75 Å². The molecule has 0 unspecified atom stereocenters. The first kappa shape index (κ1) is 20.0. The first-order valence-electron chi connectivity index (χ1n) is 9.64. The molecule has 140 valence electrons. The molecule has 0 amide bonds. The number of nitrogens with zero attached hydrogens (tertiary/aromatic N) is 1. The molecule has 0 radical (unpaired) electrons. The second-order valence-electron chi connectivity index (χ2n) is 7.02. The summed E-state index contributed by atoms with van der Waals surface area (Å²) >= 11 is 5.41. The Morgan fingerprint density at radius 3 is 2.96 bits per heavy atom. The molecule has 1 aliphatic rings. The van der Waals surface area contributed by atoms with Gasteiger partial charge in [-0.15, -0.1) is 0 Å². The summed E-state index contributed by atoms with van der Waals surface area (Å²) in [7, 11) is 0. The first-order valence-corrected chi connectivity index (χ1v) is 10.0. The van der Waals surface area contributed by atoms with E-state index in [2.05, 4.69) is 22.5 Å². The number of thiocarbonyl (C=S) groups is 1. The lowest BCUT2D eigenvalue weighted by Crippen LogP contribution is -2.40. The Labute approximate surface area is 158 Å². The monoisotopic (exact) mass is 363 g/mol. The molecule has 1 saturated heterocycles. The Kier molecular flexibility index (Phi) is 8.49. The fourth-order valence-corrected chi connectivity index (χ4v) is 3.62. The van der Waals surface area contributed by atoms with Crippen molar-refractivity contribution >= 4 is 23.0 Å². The number of anilines is 1. The summed E-state index contributed by atoms with van der Waals surface area (Å²) in [6.07, 6.45) is 6.65. The molecule has 0 aliphatic carbocycles. The Morgan fingerprint density at radius 2 is 2.20 bits per heavy atom. The number of piperidine rings is 1. The lowest BCUT2D eigenvalue weighted by atomic mass is 10.00. The minimum atomic E-state index is 0.169. The van der Waals surface area contributed by atoms with Gasteiger partial charge in [-0.3, -0.25) is 0 Å². The topological polar surface area (TPSA) is 36.5 Å². The van der Waals surface area contributed by atoms with Crippen LogP contribution >= 0.6 is 12.2 Å². The van der Waals surface area contributed by atoms with Crippen LogP contribution in [0.4, 0.5) is 5.69 Å². The van der Waals surface area contributed by atoms with Gasteiger partial charge in [-0.25, -0.2) is 0 Å². The van der Waals surface area contributed by atoms with Crippen molar-refractivity contribution in [3.05, 3.63) is 24.3 Å². The van der Waals surface area contributed by atoms with Gasteiger partial charge in [0.05, 0.1) is 6.10 Å². The Morgan fingerprint density at radius 1 is 1.36 bits per heavy atom. The standard InChI is InChI=1S/C20H33N3OS/c1-4-18-10-5-6-13-23(18)14-8-12-21-20(25)22-17-9-7-11-19(15-17)24-16(2)3/h7,9,11,15-16,18H,4-6,8,10,12-14H2,1-3H3,(H2,21,22,25)/t18-/m0/s1. The maximum absolute atomic E-state index is 5.71. The van der Waals surface area contributed by atoms with Crippen LogP contribution in [0.1, 0.15) is 52.9 Å². The lowest BCUT2D eigenvalue weighted by molar-refractivity contribution is 0.143. The highest BCUT2D eigenvalue weighted by atomic mass is 32.1. The van der Waals surface area contributed by atoms with Gasteiger partial charge in [-0.2, -0.15) is 0 Å². The SMILES string of the molecule is CC[C@H]1CCCCN1CCCNC(=S)Nc1cccc(OC(C)C)c1. The fourth-order valence-electron chi connectivity index (χ4n) is 3.40. The highest BCUT2D eigenvalue weighted by Gasteiger charge is 2.19. The third-order valence-electron chi connectivity index (χ3n) is 4.59. The van der Waals surface area contributed by atoms with Gasteiger partial charge in [0, 0.05) is 30.9 Å². The molecule has 25 heavy (non-hydrogen) atoms. The Hall–Kier alpha value is -1.33. The van der Waals surface area contributed by atoms with E-state index < -0.39 is 0 Å². The molecule has 4 nitrogen and oxygen atoms in total. The van der Waals surface area contributed by atoms with E-state index in [0.717, 1.165) is 37.0 Å². The molecular weight excluding hydrogens is 330 g/mol. The van der Waals surface area contributed by atoms with E-state index in [1.807, 2.05) is 38.1 Å². The smallest absolute Gasteiger partial charge is 0.170 e. The van der Waals surface area contributed by atoms with E-state index in [0.29, 0.717) is 5.11 Å². The van der Waals surface area contributed by atoms with Crippen molar-refractivity contribution in [1.82, 2.24) is 10.2 Å². The second kappa shape index (κ2) is 10.6. The largest absolute Gasteiger partial charge is 0.491 e. The average Bonchev–Trinajstić information content (AvgIpc) is 2.59. The maximum atomic E-state index is 5.71. The third kappa shape index (κ3) is 7.20. The molecule has 0 bridgehead atoms. The maximum Gasteiger partial charge on any atom is 0.170 e. The number of hydrogen-bond acceptors (Lipinski definition) is 3. The number of rotatable bonds is 8. The minimum Gasteiger partial charge on any atom is -0.491 e. The van der Waals surface area contributed by atoms with Crippen molar-refractivity contribution in [2.45, 2.75) is 65.0 Å². The summed E-state index contributed by atoms with van der Waals surface area (Å²) in [4.78, 5) is 2.65. The summed E-state index contributed by atoms with van der Waals surface area (Å²) < 4.78 is 5.71. The van der Waals surface area contributed by atoms with Crippen molar-refractivity contribution in [1.29, 1.82) is 0 Å². The van der Waals surface area contributed by atoms with Gasteiger partial charge in [0.25, 0.3) is 0 Å². The van der Waals surface area contributed by atoms with E-state index in [4.69, 9.17) is 17.0 Å². The van der Waals surface area contributed by atoms with Crippen molar-refractivity contribution in [3.63, 3.8) is 0 Å². The normalized spacial score (nSPS) is 18.2. The number of hydrogen-bond donors (Lipinski definition) is 2. The van der Waals surface area contributed by atoms with Gasteiger partial charge in [0.1, 0.15) is 5.75 Å². The van der Waals surface area contributed by atoms with E-state index in [-0.39, 0.29) is 6.10 Å². The summed E-state index contributed by atoms with van der Waals surface area (Å²) in [5.41, 5.74) is 0.956. The zero-order valence-electron chi connectivity index (χ0n) is 15.9. The number of ether oxygens (including phenoxy) is 1. The Balaban J connectivity index is 1.68. The van der Waals surface area contributed by atoms with Crippen LogP contribution in [0, 0.1) is 0 Å². The predicted molar refractivity (Wildman–Crippen MR) is 111 cm³/mol. The van der Waals surface area contributed by atoms with Gasteiger partial charge < -0.3 is 20.3 Å². The lowest BCUT2D eigenvalue weighted by Gasteiger charge is -2.35. The zero-order valence-corrected chi connectivity index (χ0v) is 16.7. The quantitative estimate of drug-likeness (QED) is 0.528. The van der Waals surface area contributed by atoms with Crippen LogP contribution < -0.4 is 15.4 Å². The minimum absolute atomic E-state index is 0.169. The van der Waals surface area contributed by atoms with E-state index in [1.54, 1.807) is 0 Å². The van der Waals surface area contributed by atoms with Gasteiger partial charge >= 0.3 is 0 Å². The van der Waals surface area contributed by atoms with Gasteiger partial charge in [-0.1, -0.05) is 19.4 Å². The molecule has 1 aromatic rings. The molecule has 5 heteroatoms. The molecule has 2 rings (SSSR count). The van der Waals surface area contributed by atoms with Gasteiger partial charge in [0.2, 0.25) is 0 Å². The highest BCUT2D eigenvalue weighted by molar-refractivity contribution is 7.80. The van der Waals surface area contributed by atoms with Crippen LogP contribution in [0.15, 0.2) is 24.3 Å². The molecular formula is C20H33N3OS. The van der Waals surface area contributed by atoms with Gasteiger partial charge in [0.15, 0.2) is 5.11 Å². The van der Waals surface area contributed by atoms with Gasteiger partial charge in [-0.05, 0) is 70.4 Å². The van der Waals surface area contributed by atoms with Crippen LogP contribution in [0.25, 0.3) is 0 Å². The molecule has 0 spiro atoms. The molecule has 1 fully saturated rings. The van der Waals surface area contributed by atoms with E-state index >= 15 is 0 Å². The molecule has 1 aliphatic heterocycles. The van der Waals surface area contributed by atoms with Crippen LogP contribution in [0.5, 0.6) is 5.75 Å². The van der Waals surface area contributed by atoms with E-state index in [1.165, 1.54) is 32.2 Å². The summed E-state index contributed by atoms with van der Waals surface area (Å²) in [5.74, 6) is 0.860. The summed E-state index contributed by atoms with van der Waals surface area (Å²) in [6, 6.07) is 8.70.